The number of benzene rings is 2. The molecule has 0 N–H and O–H groups in total. The maximum Gasteiger partial charge on any atom is 0.238 e. The Balaban J connectivity index is 1.60. The largest absolute Gasteiger partial charge is 0.497 e. The molecule has 0 spiro atoms. The lowest BCUT2D eigenvalue weighted by Crippen LogP contribution is -2.38. The zero-order valence-electron chi connectivity index (χ0n) is 18.9. The number of ether oxygens (including phenoxy) is 1. The summed E-state index contributed by atoms with van der Waals surface area (Å²) in [7, 11) is -2.16. The van der Waals surface area contributed by atoms with Crippen LogP contribution in [0.15, 0.2) is 59.5 Å². The lowest BCUT2D eigenvalue weighted by atomic mass is 10.1. The maximum absolute atomic E-state index is 12.9. The minimum Gasteiger partial charge on any atom is -0.497 e. The van der Waals surface area contributed by atoms with Gasteiger partial charge in [-0.2, -0.15) is 0 Å². The second-order valence-electron chi connectivity index (χ2n) is 8.34. The molecule has 1 fully saturated rings. The monoisotopic (exact) mass is 458 g/mol. The van der Waals surface area contributed by atoms with E-state index >= 15 is 0 Å². The highest BCUT2D eigenvalue weighted by atomic mass is 32.2. The van der Waals surface area contributed by atoms with Crippen LogP contribution in [0.4, 0.5) is 0 Å². The summed E-state index contributed by atoms with van der Waals surface area (Å²) in [6.45, 7) is 4.05. The first-order valence-electron chi connectivity index (χ1n) is 11.4. The Morgan fingerprint density at radius 2 is 1.47 bits per heavy atom. The van der Waals surface area contributed by atoms with Gasteiger partial charge in [0.15, 0.2) is 9.84 Å². The van der Waals surface area contributed by atoms with Crippen molar-refractivity contribution in [2.45, 2.75) is 43.5 Å². The molecule has 0 radical (unpaired) electrons. The molecule has 7 heteroatoms. The van der Waals surface area contributed by atoms with Crippen LogP contribution in [0.1, 0.15) is 37.7 Å². The first-order chi connectivity index (χ1) is 15.5. The number of sulfone groups is 1. The van der Waals surface area contributed by atoms with Crippen LogP contribution in [0.5, 0.6) is 5.75 Å². The van der Waals surface area contributed by atoms with E-state index in [1.54, 1.807) is 17.0 Å². The molecule has 0 unspecified atom stereocenters. The van der Waals surface area contributed by atoms with Crippen LogP contribution in [-0.2, 0) is 21.2 Å². The van der Waals surface area contributed by atoms with E-state index in [1.807, 2.05) is 6.07 Å². The highest BCUT2D eigenvalue weighted by molar-refractivity contribution is 7.92. The van der Waals surface area contributed by atoms with Gasteiger partial charge in [0.2, 0.25) is 5.91 Å². The quantitative estimate of drug-likeness (QED) is 0.659. The molecule has 32 heavy (non-hydrogen) atoms. The number of amides is 1. The van der Waals surface area contributed by atoms with Crippen molar-refractivity contribution in [2.75, 3.05) is 39.0 Å². The predicted molar refractivity (Wildman–Crippen MR) is 126 cm³/mol. The average Bonchev–Trinajstić information content (AvgIpc) is 2.85. The van der Waals surface area contributed by atoms with Crippen LogP contribution < -0.4 is 4.74 Å². The molecule has 1 aliphatic rings. The Labute approximate surface area is 192 Å². The van der Waals surface area contributed by atoms with Crippen molar-refractivity contribution in [1.29, 1.82) is 0 Å². The zero-order valence-corrected chi connectivity index (χ0v) is 19.7. The number of methoxy groups -OCH3 is 1. The fourth-order valence-corrected chi connectivity index (χ4v) is 5.29. The summed E-state index contributed by atoms with van der Waals surface area (Å²) in [5.74, 6) is -0.218. The summed E-state index contributed by atoms with van der Waals surface area (Å²) < 4.78 is 30.6. The van der Waals surface area contributed by atoms with Gasteiger partial charge in [0.25, 0.3) is 0 Å². The second kappa shape index (κ2) is 12.0. The SMILES string of the molecule is COc1ccc(S(=O)(=O)CC(=O)N2CCCCCCN(Cc3ccccc3)CCC2)cc1. The summed E-state index contributed by atoms with van der Waals surface area (Å²) in [6, 6.07) is 16.6. The van der Waals surface area contributed by atoms with Crippen LogP contribution in [-0.4, -0.2) is 63.2 Å². The Kier molecular flexibility index (Phi) is 9.11. The summed E-state index contributed by atoms with van der Waals surface area (Å²) in [6.07, 6.45) is 5.06. The topological polar surface area (TPSA) is 66.9 Å². The molecule has 2 aromatic carbocycles. The fraction of sp³-hybridized carbons (Fsp3) is 0.480. The van der Waals surface area contributed by atoms with Gasteiger partial charge in [-0.25, -0.2) is 8.42 Å². The van der Waals surface area contributed by atoms with E-state index in [4.69, 9.17) is 4.74 Å². The third kappa shape index (κ3) is 7.35. The first kappa shape index (κ1) is 24.3. The molecule has 0 aromatic heterocycles. The standard InChI is InChI=1S/C25H34N2O4S/c1-31-23-12-14-24(15-13-23)32(29,30)21-25(28)27-18-8-3-2-7-16-26(17-9-19-27)20-22-10-5-4-6-11-22/h4-6,10-15H,2-3,7-9,16-21H2,1H3. The average molecular weight is 459 g/mol. The van der Waals surface area contributed by atoms with Crippen molar-refractivity contribution >= 4 is 15.7 Å². The highest BCUT2D eigenvalue weighted by Crippen LogP contribution is 2.18. The van der Waals surface area contributed by atoms with Crippen LogP contribution >= 0.6 is 0 Å². The van der Waals surface area contributed by atoms with E-state index in [-0.39, 0.29) is 10.8 Å². The molecule has 174 valence electrons. The van der Waals surface area contributed by atoms with Gasteiger partial charge in [-0.1, -0.05) is 43.2 Å². The predicted octanol–water partition coefficient (Wildman–Crippen LogP) is 3.76. The summed E-state index contributed by atoms with van der Waals surface area (Å²) in [4.78, 5) is 17.3. The molecule has 1 saturated heterocycles. The lowest BCUT2D eigenvalue weighted by molar-refractivity contribution is -0.128. The molecule has 6 nitrogen and oxygen atoms in total. The van der Waals surface area contributed by atoms with Crippen molar-refractivity contribution in [3.63, 3.8) is 0 Å². The van der Waals surface area contributed by atoms with Crippen LogP contribution in [0, 0.1) is 0 Å². The van der Waals surface area contributed by atoms with Gasteiger partial charge in [-0.3, -0.25) is 9.69 Å². The molecule has 1 amide bonds. The number of rotatable bonds is 6. The maximum atomic E-state index is 12.9. The normalized spacial score (nSPS) is 16.8. The first-order valence-corrected chi connectivity index (χ1v) is 13.0. The van der Waals surface area contributed by atoms with Gasteiger partial charge in [-0.05, 0) is 55.6 Å². The summed E-state index contributed by atoms with van der Waals surface area (Å²) in [5.41, 5.74) is 1.29. The smallest absolute Gasteiger partial charge is 0.238 e. The van der Waals surface area contributed by atoms with Crippen molar-refractivity contribution in [3.05, 3.63) is 60.2 Å². The van der Waals surface area contributed by atoms with Crippen molar-refractivity contribution < 1.29 is 17.9 Å². The van der Waals surface area contributed by atoms with Crippen molar-refractivity contribution in [3.8, 4) is 5.75 Å². The molecule has 2 aromatic rings. The van der Waals surface area contributed by atoms with E-state index < -0.39 is 15.6 Å². The summed E-state index contributed by atoms with van der Waals surface area (Å²) in [5, 5.41) is 0. The number of nitrogens with zero attached hydrogens (tertiary/aromatic N) is 2. The van der Waals surface area contributed by atoms with Crippen LogP contribution in [0.25, 0.3) is 0 Å². The third-order valence-corrected chi connectivity index (χ3v) is 7.51. The molecule has 1 aliphatic heterocycles. The van der Waals surface area contributed by atoms with Gasteiger partial charge in [-0.15, -0.1) is 0 Å². The molecule has 0 aliphatic carbocycles. The number of hydrogen-bond donors (Lipinski definition) is 0. The van der Waals surface area contributed by atoms with Crippen LogP contribution in [0.2, 0.25) is 0 Å². The molecule has 3 rings (SSSR count). The zero-order chi connectivity index (χ0) is 22.8. The third-order valence-electron chi connectivity index (χ3n) is 5.89. The van der Waals surface area contributed by atoms with E-state index in [9.17, 15) is 13.2 Å². The molecule has 0 atom stereocenters. The van der Waals surface area contributed by atoms with Gasteiger partial charge < -0.3 is 9.64 Å². The highest BCUT2D eigenvalue weighted by Gasteiger charge is 2.24. The number of hydrogen-bond acceptors (Lipinski definition) is 5. The van der Waals surface area contributed by atoms with Gasteiger partial charge in [0.05, 0.1) is 12.0 Å². The van der Waals surface area contributed by atoms with Crippen LogP contribution in [0.3, 0.4) is 0 Å². The number of carbonyl (C=O) groups excluding carboxylic acids is 1. The molecule has 0 bridgehead atoms. The Hall–Kier alpha value is -2.38. The second-order valence-corrected chi connectivity index (χ2v) is 10.3. The molecular weight excluding hydrogens is 424 g/mol. The fourth-order valence-electron chi connectivity index (χ4n) is 4.07. The molecular formula is C25H34N2O4S. The Morgan fingerprint density at radius 1 is 0.844 bits per heavy atom. The van der Waals surface area contributed by atoms with Gasteiger partial charge >= 0.3 is 0 Å². The number of carbonyl (C=O) groups is 1. The lowest BCUT2D eigenvalue weighted by Gasteiger charge is -2.25. The van der Waals surface area contributed by atoms with Gasteiger partial charge in [0.1, 0.15) is 11.5 Å². The van der Waals surface area contributed by atoms with Crippen molar-refractivity contribution in [2.24, 2.45) is 0 Å². The molecule has 0 saturated carbocycles. The van der Waals surface area contributed by atoms with E-state index in [0.717, 1.165) is 51.7 Å². The Morgan fingerprint density at radius 3 is 2.16 bits per heavy atom. The minimum absolute atomic E-state index is 0.151. The van der Waals surface area contributed by atoms with Crippen molar-refractivity contribution in [1.82, 2.24) is 9.80 Å². The van der Waals surface area contributed by atoms with E-state index in [0.29, 0.717) is 18.8 Å². The summed E-state index contributed by atoms with van der Waals surface area (Å²) >= 11 is 0. The van der Waals surface area contributed by atoms with E-state index in [1.165, 1.54) is 24.8 Å². The minimum atomic E-state index is -3.69. The Bertz CT molecular complexity index is 946. The van der Waals surface area contributed by atoms with E-state index in [2.05, 4.69) is 29.2 Å². The molecule has 1 heterocycles. The van der Waals surface area contributed by atoms with Gasteiger partial charge in [0, 0.05) is 26.2 Å².